The Bertz CT molecular complexity index is 713. The smallest absolute Gasteiger partial charge is 0.135 e. The summed E-state index contributed by atoms with van der Waals surface area (Å²) in [7, 11) is 0. The summed E-state index contributed by atoms with van der Waals surface area (Å²) < 4.78 is 29.2. The molecule has 0 saturated carbocycles. The van der Waals surface area contributed by atoms with Gasteiger partial charge in [0.05, 0.1) is 32.9 Å². The molecule has 3 aromatic rings. The molecular weight excluding hydrogens is 300 g/mol. The summed E-state index contributed by atoms with van der Waals surface area (Å²) >= 11 is 3.34. The van der Waals surface area contributed by atoms with Crippen LogP contribution in [0.3, 0.4) is 0 Å². The molecule has 1 aromatic heterocycles. The first-order chi connectivity index (χ1) is 8.68. The third-order valence-electron chi connectivity index (χ3n) is 2.87. The van der Waals surface area contributed by atoms with E-state index in [9.17, 15) is 8.78 Å². The zero-order chi connectivity index (χ0) is 12.7. The lowest BCUT2D eigenvalue weighted by atomic mass is 10.1. The van der Waals surface area contributed by atoms with Crippen LogP contribution in [0.25, 0.3) is 22.2 Å². The Morgan fingerprint density at radius 1 is 0.889 bits per heavy atom. The van der Waals surface area contributed by atoms with Gasteiger partial charge in [-0.15, -0.1) is 0 Å². The molecule has 0 fully saturated rings. The van der Waals surface area contributed by atoms with Crippen molar-refractivity contribution in [1.29, 1.82) is 0 Å². The van der Waals surface area contributed by atoms with E-state index in [0.29, 0.717) is 5.69 Å². The molecule has 90 valence electrons. The van der Waals surface area contributed by atoms with Crippen LogP contribution in [0.2, 0.25) is 0 Å². The number of rotatable bonds is 1. The van der Waals surface area contributed by atoms with Crippen LogP contribution in [-0.2, 0) is 0 Å². The fourth-order valence-corrected chi connectivity index (χ4v) is 2.64. The highest BCUT2D eigenvalue weighted by Gasteiger charge is 2.16. The van der Waals surface area contributed by atoms with Gasteiger partial charge in [-0.25, -0.2) is 8.78 Å². The predicted octanol–water partition coefficient (Wildman–Crippen LogP) is 4.74. The van der Waals surface area contributed by atoms with Crippen molar-refractivity contribution in [2.24, 2.45) is 0 Å². The minimum absolute atomic E-state index is 0.0226. The van der Waals surface area contributed by atoms with E-state index in [1.54, 1.807) is 9.66 Å². The molecule has 0 aliphatic heterocycles. The Morgan fingerprint density at radius 3 is 2.22 bits per heavy atom. The number of nitrogens with zero attached hydrogens (tertiary/aromatic N) is 1. The van der Waals surface area contributed by atoms with Gasteiger partial charge in [0.15, 0.2) is 0 Å². The van der Waals surface area contributed by atoms with E-state index in [1.165, 1.54) is 18.2 Å². The van der Waals surface area contributed by atoms with Crippen LogP contribution in [-0.4, -0.2) is 3.59 Å². The lowest BCUT2D eigenvalue weighted by molar-refractivity contribution is 0.589. The molecular formula is C14H8BrF2N. The number of benzene rings is 2. The molecule has 2 aromatic carbocycles. The van der Waals surface area contributed by atoms with Gasteiger partial charge in [-0.2, -0.15) is 0 Å². The number of hydrogen-bond donors (Lipinski definition) is 0. The molecule has 0 bridgehead atoms. The maximum atomic E-state index is 13.8. The highest BCUT2D eigenvalue weighted by molar-refractivity contribution is 9.08. The molecule has 0 amide bonds. The van der Waals surface area contributed by atoms with Crippen molar-refractivity contribution in [3.8, 4) is 11.3 Å². The molecule has 18 heavy (non-hydrogen) atoms. The summed E-state index contributed by atoms with van der Waals surface area (Å²) in [5.74, 6) is -1.14. The standard InChI is InChI=1S/C14H8BrF2N/c15-18-12-7-2-1-4-9(12)8-13(18)14-10(16)5-3-6-11(14)17/h1-8H. The summed E-state index contributed by atoms with van der Waals surface area (Å²) in [6, 6.07) is 13.2. The molecule has 0 aliphatic rings. The zero-order valence-electron chi connectivity index (χ0n) is 9.20. The van der Waals surface area contributed by atoms with E-state index in [0.717, 1.165) is 10.9 Å². The predicted molar refractivity (Wildman–Crippen MR) is 71.6 cm³/mol. The molecule has 0 saturated heterocycles. The Kier molecular flexibility index (Phi) is 2.67. The third kappa shape index (κ3) is 1.64. The van der Waals surface area contributed by atoms with Crippen LogP contribution in [0.5, 0.6) is 0 Å². The highest BCUT2D eigenvalue weighted by atomic mass is 79.9. The van der Waals surface area contributed by atoms with Gasteiger partial charge < -0.3 is 0 Å². The van der Waals surface area contributed by atoms with E-state index in [1.807, 2.05) is 24.3 Å². The second kappa shape index (κ2) is 4.21. The van der Waals surface area contributed by atoms with Crippen LogP contribution < -0.4 is 0 Å². The van der Waals surface area contributed by atoms with E-state index in [2.05, 4.69) is 16.1 Å². The van der Waals surface area contributed by atoms with E-state index >= 15 is 0 Å². The Labute approximate surface area is 111 Å². The normalized spacial score (nSPS) is 11.1. The Morgan fingerprint density at radius 2 is 1.56 bits per heavy atom. The molecule has 0 radical (unpaired) electrons. The molecule has 1 heterocycles. The zero-order valence-corrected chi connectivity index (χ0v) is 10.8. The monoisotopic (exact) mass is 307 g/mol. The van der Waals surface area contributed by atoms with Crippen molar-refractivity contribution in [2.45, 2.75) is 0 Å². The maximum Gasteiger partial charge on any atom is 0.135 e. The molecule has 3 rings (SSSR count). The van der Waals surface area contributed by atoms with E-state index in [-0.39, 0.29) is 5.56 Å². The first-order valence-electron chi connectivity index (χ1n) is 5.39. The number of hydrogen-bond acceptors (Lipinski definition) is 0. The molecule has 4 heteroatoms. The molecule has 0 atom stereocenters. The summed E-state index contributed by atoms with van der Waals surface area (Å²) in [4.78, 5) is 0. The average Bonchev–Trinajstić information content (AvgIpc) is 2.68. The van der Waals surface area contributed by atoms with Gasteiger partial charge in [0.2, 0.25) is 0 Å². The van der Waals surface area contributed by atoms with Gasteiger partial charge in [-0.05, 0) is 24.3 Å². The summed E-state index contributed by atoms with van der Waals surface area (Å²) in [5.41, 5.74) is 1.31. The average molecular weight is 308 g/mol. The van der Waals surface area contributed by atoms with Gasteiger partial charge in [0, 0.05) is 5.39 Å². The highest BCUT2D eigenvalue weighted by Crippen LogP contribution is 2.32. The first-order valence-corrected chi connectivity index (χ1v) is 6.10. The first kappa shape index (κ1) is 11.4. The van der Waals surface area contributed by atoms with Crippen molar-refractivity contribution in [3.63, 3.8) is 0 Å². The van der Waals surface area contributed by atoms with Crippen molar-refractivity contribution in [3.05, 3.63) is 60.2 Å². The van der Waals surface area contributed by atoms with Crippen molar-refractivity contribution < 1.29 is 8.78 Å². The fraction of sp³-hybridized carbons (Fsp3) is 0. The fourth-order valence-electron chi connectivity index (χ4n) is 2.03. The van der Waals surface area contributed by atoms with Crippen molar-refractivity contribution >= 4 is 27.1 Å². The second-order valence-corrected chi connectivity index (χ2v) is 4.68. The van der Waals surface area contributed by atoms with Crippen molar-refractivity contribution in [2.75, 3.05) is 0 Å². The largest absolute Gasteiger partial charge is 0.276 e. The van der Waals surface area contributed by atoms with Crippen LogP contribution in [0.15, 0.2) is 48.5 Å². The summed E-state index contributed by atoms with van der Waals surface area (Å²) in [6.45, 7) is 0. The van der Waals surface area contributed by atoms with Gasteiger partial charge in [0.25, 0.3) is 0 Å². The molecule has 1 nitrogen and oxygen atoms in total. The molecule has 0 aliphatic carbocycles. The molecule has 0 spiro atoms. The second-order valence-electron chi connectivity index (χ2n) is 3.97. The van der Waals surface area contributed by atoms with Crippen LogP contribution in [0.1, 0.15) is 0 Å². The quantitative estimate of drug-likeness (QED) is 0.611. The van der Waals surface area contributed by atoms with Crippen LogP contribution in [0.4, 0.5) is 8.78 Å². The van der Waals surface area contributed by atoms with Gasteiger partial charge in [-0.3, -0.25) is 3.59 Å². The third-order valence-corrected chi connectivity index (χ3v) is 3.64. The minimum Gasteiger partial charge on any atom is -0.276 e. The summed E-state index contributed by atoms with van der Waals surface area (Å²) in [5, 5.41) is 0.923. The van der Waals surface area contributed by atoms with E-state index in [4.69, 9.17) is 0 Å². The van der Waals surface area contributed by atoms with Crippen LogP contribution in [0, 0.1) is 11.6 Å². The topological polar surface area (TPSA) is 4.93 Å². The number of aromatic nitrogens is 1. The van der Waals surface area contributed by atoms with Gasteiger partial charge in [-0.1, -0.05) is 24.3 Å². The Hall–Kier alpha value is -1.68. The lowest BCUT2D eigenvalue weighted by Gasteiger charge is -2.05. The SMILES string of the molecule is Fc1cccc(F)c1-c1cc2ccccc2n1Br. The number of halogens is 3. The number of fused-ring (bicyclic) bond motifs is 1. The minimum atomic E-state index is -0.571. The number of para-hydroxylation sites is 1. The van der Waals surface area contributed by atoms with Crippen molar-refractivity contribution in [1.82, 2.24) is 3.59 Å². The lowest BCUT2D eigenvalue weighted by Crippen LogP contribution is -1.92. The maximum absolute atomic E-state index is 13.8. The Balaban J connectivity index is 2.36. The van der Waals surface area contributed by atoms with Gasteiger partial charge >= 0.3 is 0 Å². The molecule has 0 unspecified atom stereocenters. The van der Waals surface area contributed by atoms with Gasteiger partial charge in [0.1, 0.15) is 11.6 Å². The van der Waals surface area contributed by atoms with Crippen LogP contribution >= 0.6 is 16.1 Å². The van der Waals surface area contributed by atoms with E-state index < -0.39 is 11.6 Å². The summed E-state index contributed by atoms with van der Waals surface area (Å²) in [6.07, 6.45) is 0. The molecule has 0 N–H and O–H groups in total.